The summed E-state index contributed by atoms with van der Waals surface area (Å²) in [4.78, 5) is 51.5. The van der Waals surface area contributed by atoms with Crippen molar-refractivity contribution in [3.05, 3.63) is 48.6 Å². The van der Waals surface area contributed by atoms with Crippen molar-refractivity contribution >= 4 is 24.1 Å². The molecule has 182 valence electrons. The van der Waals surface area contributed by atoms with Crippen LogP contribution in [0.4, 0.5) is 9.59 Å². The van der Waals surface area contributed by atoms with Gasteiger partial charge in [-0.1, -0.05) is 43.0 Å². The fraction of sp³-hybridized carbons (Fsp3) is 0.500. The fourth-order valence-electron chi connectivity index (χ4n) is 2.42. The molecule has 0 saturated heterocycles. The lowest BCUT2D eigenvalue weighted by atomic mass is 10.1. The molecule has 0 aromatic heterocycles. The zero-order valence-corrected chi connectivity index (χ0v) is 20.1. The number of carbonyl (C=O) groups excluding carboxylic acids is 4. The summed E-state index contributed by atoms with van der Waals surface area (Å²) < 4.78 is 20.8. The van der Waals surface area contributed by atoms with Gasteiger partial charge < -0.3 is 18.9 Å². The topological polar surface area (TPSA) is 108 Å². The van der Waals surface area contributed by atoms with Crippen LogP contribution < -0.4 is 0 Å². The van der Waals surface area contributed by atoms with Gasteiger partial charge in [-0.15, -0.1) is 0 Å². The predicted molar refractivity (Wildman–Crippen MR) is 120 cm³/mol. The maximum atomic E-state index is 12.9. The van der Waals surface area contributed by atoms with Gasteiger partial charge >= 0.3 is 24.1 Å². The Balaban J connectivity index is 3.20. The van der Waals surface area contributed by atoms with E-state index >= 15 is 0 Å². The Bertz CT molecular complexity index is 808. The molecule has 1 aromatic carbocycles. The minimum atomic E-state index is -1.67. The lowest BCUT2D eigenvalue weighted by molar-refractivity contribution is -0.155. The van der Waals surface area contributed by atoms with Gasteiger partial charge in [-0.2, -0.15) is 4.90 Å². The third kappa shape index (κ3) is 10.7. The minimum Gasteiger partial charge on any atom is -0.461 e. The third-order valence-electron chi connectivity index (χ3n) is 3.71. The molecular weight excluding hydrogens is 430 g/mol. The standard InChI is InChI=1S/C24H33NO8/c1-8-14-30-20(27)18(15-19(26)31-16-17-12-10-9-11-13-17)25(21(28)32-23(2,3)4)22(29)33-24(5,6)7/h8-13,18H,1,14-16H2,2-7H3/t18-/m1/s1. The average Bonchev–Trinajstić information content (AvgIpc) is 2.68. The van der Waals surface area contributed by atoms with Crippen molar-refractivity contribution in [1.29, 1.82) is 0 Å². The van der Waals surface area contributed by atoms with Crippen molar-refractivity contribution in [3.8, 4) is 0 Å². The Kier molecular flexibility index (Phi) is 10.1. The first-order chi connectivity index (χ1) is 15.2. The SMILES string of the molecule is C=CCOC(=O)[C@@H](CC(=O)OCc1ccccc1)N(C(=O)OC(C)(C)C)C(=O)OC(C)(C)C. The number of esters is 2. The predicted octanol–water partition coefficient (Wildman–Crippen LogP) is 4.39. The number of rotatable bonds is 8. The number of carbonyl (C=O) groups is 4. The summed E-state index contributed by atoms with van der Waals surface area (Å²) in [6.07, 6.45) is -1.66. The molecule has 0 aliphatic carbocycles. The minimum absolute atomic E-state index is 0.0486. The maximum Gasteiger partial charge on any atom is 0.420 e. The Morgan fingerprint density at radius 3 is 1.88 bits per heavy atom. The first-order valence-corrected chi connectivity index (χ1v) is 10.5. The Morgan fingerprint density at radius 1 is 0.909 bits per heavy atom. The van der Waals surface area contributed by atoms with Crippen LogP contribution in [0, 0.1) is 0 Å². The highest BCUT2D eigenvalue weighted by molar-refractivity contribution is 5.96. The van der Waals surface area contributed by atoms with Gasteiger partial charge in [-0.3, -0.25) is 4.79 Å². The second kappa shape index (κ2) is 12.0. The molecule has 9 heteroatoms. The van der Waals surface area contributed by atoms with Crippen molar-refractivity contribution in [2.24, 2.45) is 0 Å². The van der Waals surface area contributed by atoms with E-state index in [4.69, 9.17) is 18.9 Å². The van der Waals surface area contributed by atoms with Gasteiger partial charge in [0, 0.05) is 0 Å². The molecule has 1 atom stereocenters. The average molecular weight is 464 g/mol. The van der Waals surface area contributed by atoms with E-state index in [1.54, 1.807) is 65.8 Å². The van der Waals surface area contributed by atoms with E-state index < -0.39 is 47.8 Å². The van der Waals surface area contributed by atoms with E-state index in [0.717, 1.165) is 5.56 Å². The van der Waals surface area contributed by atoms with Crippen LogP contribution in [-0.4, -0.2) is 52.9 Å². The fourth-order valence-corrected chi connectivity index (χ4v) is 2.42. The number of hydrogen-bond donors (Lipinski definition) is 0. The van der Waals surface area contributed by atoms with E-state index in [-0.39, 0.29) is 13.2 Å². The van der Waals surface area contributed by atoms with Gasteiger partial charge in [0.1, 0.15) is 24.4 Å². The molecular formula is C24H33NO8. The van der Waals surface area contributed by atoms with Gasteiger partial charge in [-0.25, -0.2) is 14.4 Å². The van der Waals surface area contributed by atoms with Crippen molar-refractivity contribution in [2.45, 2.75) is 71.8 Å². The molecule has 2 amide bonds. The molecule has 0 aliphatic heterocycles. The number of amides is 2. The van der Waals surface area contributed by atoms with Crippen molar-refractivity contribution in [1.82, 2.24) is 4.90 Å². The highest BCUT2D eigenvalue weighted by Gasteiger charge is 2.42. The van der Waals surface area contributed by atoms with Gasteiger partial charge in [0.15, 0.2) is 6.04 Å². The van der Waals surface area contributed by atoms with Crippen LogP contribution in [0.1, 0.15) is 53.5 Å². The van der Waals surface area contributed by atoms with E-state index in [9.17, 15) is 19.2 Å². The second-order valence-electron chi connectivity index (χ2n) is 9.12. The third-order valence-corrected chi connectivity index (χ3v) is 3.71. The smallest absolute Gasteiger partial charge is 0.420 e. The zero-order chi connectivity index (χ0) is 25.2. The molecule has 1 rings (SSSR count). The molecule has 0 fully saturated rings. The van der Waals surface area contributed by atoms with E-state index in [1.165, 1.54) is 6.08 Å². The Labute approximate surface area is 194 Å². The van der Waals surface area contributed by atoms with E-state index in [1.807, 2.05) is 6.07 Å². The van der Waals surface area contributed by atoms with Crippen molar-refractivity contribution < 1.29 is 38.1 Å². The largest absolute Gasteiger partial charge is 0.461 e. The van der Waals surface area contributed by atoms with Crippen LogP contribution in [0.2, 0.25) is 0 Å². The van der Waals surface area contributed by atoms with Crippen LogP contribution in [0.5, 0.6) is 0 Å². The zero-order valence-electron chi connectivity index (χ0n) is 20.1. The summed E-state index contributed by atoms with van der Waals surface area (Å²) in [7, 11) is 0. The molecule has 0 radical (unpaired) electrons. The summed E-state index contributed by atoms with van der Waals surface area (Å²) in [5, 5.41) is 0. The lowest BCUT2D eigenvalue weighted by Crippen LogP contribution is -2.53. The summed E-state index contributed by atoms with van der Waals surface area (Å²) in [6.45, 7) is 12.8. The van der Waals surface area contributed by atoms with Gasteiger partial charge in [0.2, 0.25) is 0 Å². The van der Waals surface area contributed by atoms with Gasteiger partial charge in [0.25, 0.3) is 0 Å². The Morgan fingerprint density at radius 2 is 1.42 bits per heavy atom. The highest BCUT2D eigenvalue weighted by atomic mass is 16.6. The Hall–Kier alpha value is -3.36. The molecule has 0 N–H and O–H groups in total. The molecule has 9 nitrogen and oxygen atoms in total. The normalized spacial score (nSPS) is 12.2. The quantitative estimate of drug-likeness (QED) is 0.317. The second-order valence-corrected chi connectivity index (χ2v) is 9.12. The van der Waals surface area contributed by atoms with Crippen molar-refractivity contribution in [3.63, 3.8) is 0 Å². The van der Waals surface area contributed by atoms with Gasteiger partial charge in [-0.05, 0) is 47.1 Å². The summed E-state index contributed by atoms with van der Waals surface area (Å²) in [6, 6.07) is 7.24. The van der Waals surface area contributed by atoms with E-state index in [2.05, 4.69) is 6.58 Å². The van der Waals surface area contributed by atoms with Crippen LogP contribution in [-0.2, 0) is 35.1 Å². The molecule has 33 heavy (non-hydrogen) atoms. The molecule has 1 aromatic rings. The molecule has 0 spiro atoms. The number of ether oxygens (including phenoxy) is 4. The monoisotopic (exact) mass is 463 g/mol. The summed E-state index contributed by atoms with van der Waals surface area (Å²) in [5.41, 5.74) is -1.24. The number of benzene rings is 1. The molecule has 0 unspecified atom stereocenters. The maximum absolute atomic E-state index is 12.9. The van der Waals surface area contributed by atoms with E-state index in [0.29, 0.717) is 4.90 Å². The molecule has 0 aliphatic rings. The first-order valence-electron chi connectivity index (χ1n) is 10.5. The number of imide groups is 1. The number of nitrogens with zero attached hydrogens (tertiary/aromatic N) is 1. The van der Waals surface area contributed by atoms with Gasteiger partial charge in [0.05, 0.1) is 6.42 Å². The van der Waals surface area contributed by atoms with Crippen LogP contribution >= 0.6 is 0 Å². The number of hydrogen-bond acceptors (Lipinski definition) is 8. The summed E-state index contributed by atoms with van der Waals surface area (Å²) >= 11 is 0. The molecule has 0 bridgehead atoms. The molecule has 0 saturated carbocycles. The van der Waals surface area contributed by atoms with Crippen LogP contribution in [0.25, 0.3) is 0 Å². The van der Waals surface area contributed by atoms with Crippen molar-refractivity contribution in [2.75, 3.05) is 6.61 Å². The van der Waals surface area contributed by atoms with Crippen LogP contribution in [0.15, 0.2) is 43.0 Å². The molecule has 0 heterocycles. The van der Waals surface area contributed by atoms with Crippen LogP contribution in [0.3, 0.4) is 0 Å². The summed E-state index contributed by atoms with van der Waals surface area (Å²) in [5.74, 6) is -1.83. The lowest BCUT2D eigenvalue weighted by Gasteiger charge is -2.32. The first kappa shape index (κ1) is 27.7. The highest BCUT2D eigenvalue weighted by Crippen LogP contribution is 2.20.